The van der Waals surface area contributed by atoms with Crippen molar-refractivity contribution in [3.63, 3.8) is 0 Å². The smallest absolute Gasteiger partial charge is 0.255 e. The van der Waals surface area contributed by atoms with Crippen molar-refractivity contribution < 1.29 is 13.2 Å². The van der Waals surface area contributed by atoms with Crippen molar-refractivity contribution in [1.82, 2.24) is 0 Å². The Morgan fingerprint density at radius 1 is 1.12 bits per heavy atom. The maximum Gasteiger partial charge on any atom is 0.255 e. The summed E-state index contributed by atoms with van der Waals surface area (Å²) in [6, 6.07) is 14.3. The van der Waals surface area contributed by atoms with E-state index in [4.69, 9.17) is 0 Å². The van der Waals surface area contributed by atoms with Crippen LogP contribution in [0.1, 0.15) is 24.5 Å². The highest BCUT2D eigenvalue weighted by Crippen LogP contribution is 2.22. The standard InChI is InChI=1S/C18H20N2O3S/c1-3-18(21)19-16-10-9-14(2)17(13-16)20-24(22,23)12-11-15-7-5-4-6-8-15/h4-13,20H,3H2,1-2H3,(H,19,21). The van der Waals surface area contributed by atoms with E-state index < -0.39 is 10.0 Å². The van der Waals surface area contributed by atoms with Gasteiger partial charge in [-0.05, 0) is 36.3 Å². The summed E-state index contributed by atoms with van der Waals surface area (Å²) in [6.07, 6.45) is 1.88. The minimum atomic E-state index is -3.65. The Labute approximate surface area is 142 Å². The van der Waals surface area contributed by atoms with E-state index in [2.05, 4.69) is 10.0 Å². The Morgan fingerprint density at radius 2 is 1.83 bits per heavy atom. The van der Waals surface area contributed by atoms with E-state index in [-0.39, 0.29) is 5.91 Å². The molecule has 6 heteroatoms. The predicted molar refractivity (Wildman–Crippen MR) is 98.1 cm³/mol. The van der Waals surface area contributed by atoms with Crippen molar-refractivity contribution >= 4 is 33.4 Å². The van der Waals surface area contributed by atoms with Gasteiger partial charge in [0.2, 0.25) is 5.91 Å². The normalized spacial score (nSPS) is 11.4. The molecule has 24 heavy (non-hydrogen) atoms. The van der Waals surface area contributed by atoms with E-state index in [1.54, 1.807) is 32.0 Å². The molecule has 0 bridgehead atoms. The van der Waals surface area contributed by atoms with Gasteiger partial charge in [0, 0.05) is 12.1 Å². The van der Waals surface area contributed by atoms with E-state index in [1.807, 2.05) is 30.3 Å². The van der Waals surface area contributed by atoms with Crippen molar-refractivity contribution in [3.8, 4) is 0 Å². The largest absolute Gasteiger partial charge is 0.326 e. The highest BCUT2D eigenvalue weighted by atomic mass is 32.2. The van der Waals surface area contributed by atoms with Crippen LogP contribution in [0.3, 0.4) is 0 Å². The molecular formula is C18H20N2O3S. The van der Waals surface area contributed by atoms with Crippen LogP contribution in [0.15, 0.2) is 53.9 Å². The van der Waals surface area contributed by atoms with E-state index in [1.165, 1.54) is 6.08 Å². The SMILES string of the molecule is CCC(=O)Nc1ccc(C)c(NS(=O)(=O)C=Cc2ccccc2)c1. The Kier molecular flexibility index (Phi) is 5.76. The molecule has 0 spiro atoms. The second kappa shape index (κ2) is 7.79. The second-order valence-corrected chi connectivity index (χ2v) is 6.86. The first-order valence-electron chi connectivity index (χ1n) is 7.56. The zero-order valence-corrected chi connectivity index (χ0v) is 14.4. The average molecular weight is 344 g/mol. The molecular weight excluding hydrogens is 324 g/mol. The summed E-state index contributed by atoms with van der Waals surface area (Å²) >= 11 is 0. The van der Waals surface area contributed by atoms with Crippen LogP contribution >= 0.6 is 0 Å². The predicted octanol–water partition coefficient (Wildman–Crippen LogP) is 3.76. The van der Waals surface area contributed by atoms with Crippen LogP contribution in [-0.4, -0.2) is 14.3 Å². The highest BCUT2D eigenvalue weighted by Gasteiger charge is 2.09. The molecule has 0 aliphatic rings. The molecule has 0 unspecified atom stereocenters. The number of nitrogens with one attached hydrogen (secondary N) is 2. The molecule has 1 amide bonds. The summed E-state index contributed by atoms with van der Waals surface area (Å²) in [5.41, 5.74) is 2.54. The lowest BCUT2D eigenvalue weighted by Gasteiger charge is -2.11. The number of carbonyl (C=O) groups excluding carboxylic acids is 1. The van der Waals surface area contributed by atoms with Crippen LogP contribution < -0.4 is 10.0 Å². The first kappa shape index (κ1) is 17.7. The maximum atomic E-state index is 12.2. The Hall–Kier alpha value is -2.60. The van der Waals surface area contributed by atoms with Gasteiger partial charge in [0.25, 0.3) is 10.0 Å². The van der Waals surface area contributed by atoms with E-state index >= 15 is 0 Å². The average Bonchev–Trinajstić information content (AvgIpc) is 2.57. The number of anilines is 2. The van der Waals surface area contributed by atoms with Gasteiger partial charge in [0.05, 0.1) is 11.1 Å². The lowest BCUT2D eigenvalue weighted by Crippen LogP contribution is -2.12. The van der Waals surface area contributed by atoms with Gasteiger partial charge in [0.1, 0.15) is 0 Å². The topological polar surface area (TPSA) is 75.3 Å². The molecule has 0 aliphatic carbocycles. The quantitative estimate of drug-likeness (QED) is 0.838. The molecule has 126 valence electrons. The molecule has 0 saturated carbocycles. The molecule has 0 heterocycles. The zero-order chi connectivity index (χ0) is 17.6. The van der Waals surface area contributed by atoms with Crippen LogP contribution in [0.25, 0.3) is 6.08 Å². The lowest BCUT2D eigenvalue weighted by atomic mass is 10.2. The van der Waals surface area contributed by atoms with Gasteiger partial charge in [-0.25, -0.2) is 8.42 Å². The molecule has 0 atom stereocenters. The Bertz CT molecular complexity index is 844. The molecule has 5 nitrogen and oxygen atoms in total. The number of carbonyl (C=O) groups is 1. The third-order valence-corrected chi connectivity index (χ3v) is 4.33. The summed E-state index contributed by atoms with van der Waals surface area (Å²) in [5, 5.41) is 3.84. The maximum absolute atomic E-state index is 12.2. The minimum absolute atomic E-state index is 0.128. The second-order valence-electron chi connectivity index (χ2n) is 5.29. The molecule has 2 N–H and O–H groups in total. The Balaban J connectivity index is 2.18. The first-order chi connectivity index (χ1) is 11.4. The van der Waals surface area contributed by atoms with E-state index in [9.17, 15) is 13.2 Å². The fourth-order valence-corrected chi connectivity index (χ4v) is 2.91. The molecule has 2 rings (SSSR count). The Morgan fingerprint density at radius 3 is 2.50 bits per heavy atom. The van der Waals surface area contributed by atoms with Crippen molar-refractivity contribution in [2.75, 3.05) is 10.0 Å². The number of amides is 1. The van der Waals surface area contributed by atoms with Gasteiger partial charge in [-0.1, -0.05) is 43.3 Å². The number of aryl methyl sites for hydroxylation is 1. The number of rotatable bonds is 6. The third kappa shape index (κ3) is 5.24. The van der Waals surface area contributed by atoms with Crippen LogP contribution in [0.2, 0.25) is 0 Å². The van der Waals surface area contributed by atoms with Gasteiger partial charge >= 0.3 is 0 Å². The number of benzene rings is 2. The lowest BCUT2D eigenvalue weighted by molar-refractivity contribution is -0.115. The van der Waals surface area contributed by atoms with Gasteiger partial charge in [-0.15, -0.1) is 0 Å². The van der Waals surface area contributed by atoms with Crippen LogP contribution in [0.4, 0.5) is 11.4 Å². The van der Waals surface area contributed by atoms with Crippen molar-refractivity contribution in [2.24, 2.45) is 0 Å². The van der Waals surface area contributed by atoms with Gasteiger partial charge < -0.3 is 5.32 Å². The summed E-state index contributed by atoms with van der Waals surface area (Å²) < 4.78 is 27.0. The van der Waals surface area contributed by atoms with Crippen LogP contribution in [0, 0.1) is 6.92 Å². The fourth-order valence-electron chi connectivity index (χ4n) is 1.98. The molecule has 0 aliphatic heterocycles. The van der Waals surface area contributed by atoms with Gasteiger partial charge in [-0.3, -0.25) is 9.52 Å². The summed E-state index contributed by atoms with van der Waals surface area (Å²) in [7, 11) is -3.65. The van der Waals surface area contributed by atoms with Gasteiger partial charge in [-0.2, -0.15) is 0 Å². The van der Waals surface area contributed by atoms with E-state index in [0.717, 1.165) is 16.5 Å². The fraction of sp³-hybridized carbons (Fsp3) is 0.167. The minimum Gasteiger partial charge on any atom is -0.326 e. The van der Waals surface area contributed by atoms with Crippen molar-refractivity contribution in [3.05, 3.63) is 65.1 Å². The number of hydrogen-bond donors (Lipinski definition) is 2. The molecule has 0 saturated heterocycles. The van der Waals surface area contributed by atoms with Crippen molar-refractivity contribution in [1.29, 1.82) is 0 Å². The van der Waals surface area contributed by atoms with Gasteiger partial charge in [0.15, 0.2) is 0 Å². The third-order valence-electron chi connectivity index (χ3n) is 3.33. The monoisotopic (exact) mass is 344 g/mol. The van der Waals surface area contributed by atoms with Crippen LogP contribution in [0.5, 0.6) is 0 Å². The number of hydrogen-bond acceptors (Lipinski definition) is 3. The zero-order valence-electron chi connectivity index (χ0n) is 13.6. The molecule has 0 aromatic heterocycles. The molecule has 0 radical (unpaired) electrons. The highest BCUT2D eigenvalue weighted by molar-refractivity contribution is 7.95. The molecule has 2 aromatic carbocycles. The summed E-state index contributed by atoms with van der Waals surface area (Å²) in [6.45, 7) is 3.55. The summed E-state index contributed by atoms with van der Waals surface area (Å²) in [5.74, 6) is -0.128. The first-order valence-corrected chi connectivity index (χ1v) is 9.10. The van der Waals surface area contributed by atoms with E-state index in [0.29, 0.717) is 17.8 Å². The van der Waals surface area contributed by atoms with Crippen LogP contribution in [-0.2, 0) is 14.8 Å². The summed E-state index contributed by atoms with van der Waals surface area (Å²) in [4.78, 5) is 11.5. The molecule has 0 fully saturated rings. The number of sulfonamides is 1. The molecule has 2 aromatic rings. The van der Waals surface area contributed by atoms with Crippen molar-refractivity contribution in [2.45, 2.75) is 20.3 Å².